The van der Waals surface area contributed by atoms with Crippen molar-refractivity contribution in [2.24, 2.45) is 5.73 Å². The number of hydrogen-bond donors (Lipinski definition) is 1. The molecule has 3 heteroatoms. The molecule has 0 aliphatic heterocycles. The van der Waals surface area contributed by atoms with E-state index in [1.54, 1.807) is 0 Å². The van der Waals surface area contributed by atoms with E-state index in [4.69, 9.17) is 5.73 Å². The van der Waals surface area contributed by atoms with Gasteiger partial charge >= 0.3 is 0 Å². The number of nitrogens with two attached hydrogens (primary N) is 1. The summed E-state index contributed by atoms with van der Waals surface area (Å²) >= 11 is 0. The summed E-state index contributed by atoms with van der Waals surface area (Å²) in [7, 11) is 0. The molecule has 0 amide bonds. The SMILES string of the molecule is C[C@H](CN)n1ccc(-c2ccccc2)n1. The normalized spacial score (nSPS) is 12.7. The fraction of sp³-hybridized carbons (Fsp3) is 0.250. The molecule has 0 bridgehead atoms. The highest BCUT2D eigenvalue weighted by Crippen LogP contribution is 2.17. The lowest BCUT2D eigenvalue weighted by molar-refractivity contribution is 0.502. The molecule has 0 radical (unpaired) electrons. The molecule has 0 saturated heterocycles. The zero-order valence-corrected chi connectivity index (χ0v) is 8.80. The highest BCUT2D eigenvalue weighted by molar-refractivity contribution is 5.57. The monoisotopic (exact) mass is 201 g/mol. The van der Waals surface area contributed by atoms with Gasteiger partial charge in [-0.1, -0.05) is 30.3 Å². The first kappa shape index (κ1) is 9.93. The Morgan fingerprint density at radius 3 is 2.67 bits per heavy atom. The van der Waals surface area contributed by atoms with Crippen molar-refractivity contribution in [1.82, 2.24) is 9.78 Å². The standard InChI is InChI=1S/C12H15N3/c1-10(9-13)15-8-7-12(14-15)11-5-3-2-4-6-11/h2-8,10H,9,13H2,1H3/t10-/m1/s1. The van der Waals surface area contributed by atoms with Crippen LogP contribution in [0.2, 0.25) is 0 Å². The number of nitrogens with zero attached hydrogens (tertiary/aromatic N) is 2. The molecule has 2 N–H and O–H groups in total. The fourth-order valence-electron chi connectivity index (χ4n) is 1.45. The summed E-state index contributed by atoms with van der Waals surface area (Å²) in [5, 5.41) is 4.49. The topological polar surface area (TPSA) is 43.8 Å². The predicted octanol–water partition coefficient (Wildman–Crippen LogP) is 2.07. The molecule has 1 aromatic carbocycles. The molecule has 2 rings (SSSR count). The van der Waals surface area contributed by atoms with Crippen LogP contribution in [0.15, 0.2) is 42.6 Å². The second kappa shape index (κ2) is 4.28. The van der Waals surface area contributed by atoms with Gasteiger partial charge in [0.15, 0.2) is 0 Å². The third-order valence-electron chi connectivity index (χ3n) is 2.47. The van der Waals surface area contributed by atoms with Gasteiger partial charge in [-0.05, 0) is 13.0 Å². The van der Waals surface area contributed by atoms with Crippen LogP contribution < -0.4 is 5.73 Å². The van der Waals surface area contributed by atoms with Gasteiger partial charge in [0, 0.05) is 18.3 Å². The Morgan fingerprint density at radius 2 is 2.00 bits per heavy atom. The van der Waals surface area contributed by atoms with Gasteiger partial charge in [-0.3, -0.25) is 4.68 Å². The second-order valence-electron chi connectivity index (χ2n) is 3.63. The van der Waals surface area contributed by atoms with Crippen LogP contribution in [-0.2, 0) is 0 Å². The van der Waals surface area contributed by atoms with Crippen LogP contribution in [0.25, 0.3) is 11.3 Å². The summed E-state index contributed by atoms with van der Waals surface area (Å²) < 4.78 is 1.91. The van der Waals surface area contributed by atoms with Crippen LogP contribution in [0.4, 0.5) is 0 Å². The third-order valence-corrected chi connectivity index (χ3v) is 2.47. The molecular formula is C12H15N3. The van der Waals surface area contributed by atoms with E-state index in [9.17, 15) is 0 Å². The Labute approximate surface area is 89.5 Å². The Morgan fingerprint density at radius 1 is 1.27 bits per heavy atom. The molecule has 2 aromatic rings. The molecule has 0 spiro atoms. The number of rotatable bonds is 3. The molecule has 1 atom stereocenters. The average Bonchev–Trinajstić information content (AvgIpc) is 2.78. The molecule has 0 aliphatic carbocycles. The van der Waals surface area contributed by atoms with Crippen molar-refractivity contribution in [3.63, 3.8) is 0 Å². The van der Waals surface area contributed by atoms with Crippen LogP contribution in [-0.4, -0.2) is 16.3 Å². The summed E-state index contributed by atoms with van der Waals surface area (Å²) in [4.78, 5) is 0. The smallest absolute Gasteiger partial charge is 0.0923 e. The molecule has 3 nitrogen and oxygen atoms in total. The minimum absolute atomic E-state index is 0.252. The maximum Gasteiger partial charge on any atom is 0.0923 e. The molecule has 0 fully saturated rings. The van der Waals surface area contributed by atoms with Crippen molar-refractivity contribution in [3.05, 3.63) is 42.6 Å². The van der Waals surface area contributed by atoms with Gasteiger partial charge in [0.1, 0.15) is 0 Å². The largest absolute Gasteiger partial charge is 0.328 e. The molecule has 0 aliphatic rings. The molecular weight excluding hydrogens is 186 g/mol. The first-order valence-corrected chi connectivity index (χ1v) is 5.12. The predicted molar refractivity (Wildman–Crippen MR) is 61.4 cm³/mol. The molecule has 0 unspecified atom stereocenters. The summed E-state index contributed by atoms with van der Waals surface area (Å²) in [6, 6.07) is 12.4. The van der Waals surface area contributed by atoms with E-state index in [0.717, 1.165) is 11.3 Å². The summed E-state index contributed by atoms with van der Waals surface area (Å²) in [5.74, 6) is 0. The highest BCUT2D eigenvalue weighted by Gasteiger charge is 2.05. The Bertz CT molecular complexity index is 419. The van der Waals surface area contributed by atoms with Crippen molar-refractivity contribution < 1.29 is 0 Å². The van der Waals surface area contributed by atoms with Crippen LogP contribution in [0.5, 0.6) is 0 Å². The number of hydrogen-bond acceptors (Lipinski definition) is 2. The first-order chi connectivity index (χ1) is 7.31. The molecule has 15 heavy (non-hydrogen) atoms. The van der Waals surface area contributed by atoms with E-state index in [-0.39, 0.29) is 6.04 Å². The summed E-state index contributed by atoms with van der Waals surface area (Å²) in [5.41, 5.74) is 7.73. The lowest BCUT2D eigenvalue weighted by atomic mass is 10.2. The molecule has 1 aromatic heterocycles. The van der Waals surface area contributed by atoms with Gasteiger partial charge in [-0.15, -0.1) is 0 Å². The quantitative estimate of drug-likeness (QED) is 0.826. The third kappa shape index (κ3) is 2.07. The Kier molecular flexibility index (Phi) is 2.83. The number of benzene rings is 1. The Hall–Kier alpha value is -1.61. The fourth-order valence-corrected chi connectivity index (χ4v) is 1.45. The maximum atomic E-state index is 5.59. The van der Waals surface area contributed by atoms with Gasteiger partial charge in [0.05, 0.1) is 11.7 Å². The average molecular weight is 201 g/mol. The van der Waals surface area contributed by atoms with Crippen LogP contribution >= 0.6 is 0 Å². The molecule has 1 heterocycles. The van der Waals surface area contributed by atoms with Gasteiger partial charge in [0.25, 0.3) is 0 Å². The first-order valence-electron chi connectivity index (χ1n) is 5.12. The minimum atomic E-state index is 0.252. The van der Waals surface area contributed by atoms with Crippen LogP contribution in [0, 0.1) is 0 Å². The van der Waals surface area contributed by atoms with Gasteiger partial charge < -0.3 is 5.73 Å². The second-order valence-corrected chi connectivity index (χ2v) is 3.63. The van der Waals surface area contributed by atoms with E-state index in [1.165, 1.54) is 0 Å². The lowest BCUT2D eigenvalue weighted by Gasteiger charge is -2.07. The minimum Gasteiger partial charge on any atom is -0.328 e. The van der Waals surface area contributed by atoms with Crippen molar-refractivity contribution in [1.29, 1.82) is 0 Å². The van der Waals surface area contributed by atoms with Crippen molar-refractivity contribution in [2.45, 2.75) is 13.0 Å². The Balaban J connectivity index is 2.28. The van der Waals surface area contributed by atoms with Crippen LogP contribution in [0.3, 0.4) is 0 Å². The lowest BCUT2D eigenvalue weighted by Crippen LogP contribution is -2.16. The highest BCUT2D eigenvalue weighted by atomic mass is 15.3. The van der Waals surface area contributed by atoms with Gasteiger partial charge in [-0.2, -0.15) is 5.10 Å². The zero-order chi connectivity index (χ0) is 10.7. The molecule has 78 valence electrons. The van der Waals surface area contributed by atoms with Crippen molar-refractivity contribution in [2.75, 3.05) is 6.54 Å². The van der Waals surface area contributed by atoms with Crippen molar-refractivity contribution in [3.8, 4) is 11.3 Å². The van der Waals surface area contributed by atoms with E-state index < -0.39 is 0 Å². The summed E-state index contributed by atoms with van der Waals surface area (Å²) in [6.07, 6.45) is 1.97. The van der Waals surface area contributed by atoms with Crippen molar-refractivity contribution >= 4 is 0 Å². The van der Waals surface area contributed by atoms with E-state index in [0.29, 0.717) is 6.54 Å². The zero-order valence-electron chi connectivity index (χ0n) is 8.80. The van der Waals surface area contributed by atoms with Gasteiger partial charge in [0.2, 0.25) is 0 Å². The maximum absolute atomic E-state index is 5.59. The molecule has 0 saturated carbocycles. The van der Waals surface area contributed by atoms with E-state index >= 15 is 0 Å². The van der Waals surface area contributed by atoms with E-state index in [2.05, 4.69) is 24.2 Å². The summed E-state index contributed by atoms with van der Waals surface area (Å²) in [6.45, 7) is 2.66. The van der Waals surface area contributed by atoms with E-state index in [1.807, 2.05) is 35.1 Å². The van der Waals surface area contributed by atoms with Gasteiger partial charge in [-0.25, -0.2) is 0 Å². The number of aromatic nitrogens is 2. The van der Waals surface area contributed by atoms with Crippen LogP contribution in [0.1, 0.15) is 13.0 Å².